The van der Waals surface area contributed by atoms with E-state index in [1.165, 1.54) is 13.0 Å². The van der Waals surface area contributed by atoms with E-state index in [0.717, 1.165) is 12.1 Å². The lowest BCUT2D eigenvalue weighted by Gasteiger charge is -2.12. The molecule has 1 aromatic rings. The van der Waals surface area contributed by atoms with Crippen LogP contribution in [0.1, 0.15) is 17.3 Å². The lowest BCUT2D eigenvalue weighted by molar-refractivity contribution is -0.144. The lowest BCUT2D eigenvalue weighted by atomic mass is 10.2. The SMILES string of the molecule is CC(Oc1c(F)cccc1C(=O)O)C(=O)O. The Kier molecular flexibility index (Phi) is 3.44. The van der Waals surface area contributed by atoms with Crippen molar-refractivity contribution >= 4 is 11.9 Å². The highest BCUT2D eigenvalue weighted by atomic mass is 19.1. The largest absolute Gasteiger partial charge is 0.479 e. The molecule has 0 spiro atoms. The van der Waals surface area contributed by atoms with E-state index >= 15 is 0 Å². The van der Waals surface area contributed by atoms with Gasteiger partial charge in [0.2, 0.25) is 0 Å². The van der Waals surface area contributed by atoms with Crippen LogP contribution >= 0.6 is 0 Å². The molecule has 16 heavy (non-hydrogen) atoms. The van der Waals surface area contributed by atoms with Gasteiger partial charge >= 0.3 is 11.9 Å². The summed E-state index contributed by atoms with van der Waals surface area (Å²) in [7, 11) is 0. The zero-order valence-electron chi connectivity index (χ0n) is 8.31. The third-order valence-electron chi connectivity index (χ3n) is 1.84. The lowest BCUT2D eigenvalue weighted by Crippen LogP contribution is -2.24. The van der Waals surface area contributed by atoms with Gasteiger partial charge in [-0.1, -0.05) is 6.07 Å². The van der Waals surface area contributed by atoms with Crippen LogP contribution in [0, 0.1) is 5.82 Å². The molecule has 1 unspecified atom stereocenters. The summed E-state index contributed by atoms with van der Waals surface area (Å²) in [6, 6.07) is 3.34. The molecule has 0 heterocycles. The molecular formula is C10H9FO5. The number of hydrogen-bond donors (Lipinski definition) is 2. The van der Waals surface area contributed by atoms with Crippen LogP contribution in [-0.2, 0) is 4.79 Å². The van der Waals surface area contributed by atoms with E-state index in [4.69, 9.17) is 14.9 Å². The highest BCUT2D eigenvalue weighted by Gasteiger charge is 2.20. The van der Waals surface area contributed by atoms with Crippen molar-refractivity contribution in [2.24, 2.45) is 0 Å². The van der Waals surface area contributed by atoms with Crippen LogP contribution in [0.25, 0.3) is 0 Å². The topological polar surface area (TPSA) is 83.8 Å². The van der Waals surface area contributed by atoms with E-state index in [1.807, 2.05) is 0 Å². The van der Waals surface area contributed by atoms with E-state index in [1.54, 1.807) is 0 Å². The first-order valence-electron chi connectivity index (χ1n) is 4.34. The molecule has 0 radical (unpaired) electrons. The number of rotatable bonds is 4. The Morgan fingerprint density at radius 2 is 2.00 bits per heavy atom. The van der Waals surface area contributed by atoms with Crippen LogP contribution in [0.15, 0.2) is 18.2 Å². The average Bonchev–Trinajstić information content (AvgIpc) is 2.20. The van der Waals surface area contributed by atoms with Gasteiger partial charge in [-0.05, 0) is 19.1 Å². The zero-order chi connectivity index (χ0) is 12.3. The number of hydrogen-bond acceptors (Lipinski definition) is 3. The summed E-state index contributed by atoms with van der Waals surface area (Å²) in [6.45, 7) is 1.18. The minimum atomic E-state index is -1.38. The highest BCUT2D eigenvalue weighted by Crippen LogP contribution is 2.23. The van der Waals surface area contributed by atoms with Gasteiger partial charge in [0, 0.05) is 0 Å². The standard InChI is InChI=1S/C10H9FO5/c1-5(9(12)13)16-8-6(10(14)15)3-2-4-7(8)11/h2-5H,1H3,(H,12,13)(H,14,15). The summed E-state index contributed by atoms with van der Waals surface area (Å²) < 4.78 is 18.0. The first-order chi connectivity index (χ1) is 7.43. The Hall–Kier alpha value is -2.11. The molecule has 0 bridgehead atoms. The predicted molar refractivity (Wildman–Crippen MR) is 51.1 cm³/mol. The maximum Gasteiger partial charge on any atom is 0.344 e. The van der Waals surface area contributed by atoms with Gasteiger partial charge < -0.3 is 14.9 Å². The third kappa shape index (κ3) is 2.47. The molecule has 1 atom stereocenters. The Labute approximate surface area is 90.1 Å². The van der Waals surface area contributed by atoms with Crippen LogP contribution in [0.3, 0.4) is 0 Å². The maximum absolute atomic E-state index is 13.3. The van der Waals surface area contributed by atoms with Crippen LogP contribution in [0.5, 0.6) is 5.75 Å². The van der Waals surface area contributed by atoms with Crippen molar-refractivity contribution in [3.8, 4) is 5.75 Å². The molecule has 0 aromatic heterocycles. The highest BCUT2D eigenvalue weighted by molar-refractivity contribution is 5.91. The summed E-state index contributed by atoms with van der Waals surface area (Å²) in [6.07, 6.45) is -1.32. The molecule has 2 N–H and O–H groups in total. The molecule has 1 aromatic carbocycles. The van der Waals surface area contributed by atoms with Gasteiger partial charge in [-0.2, -0.15) is 0 Å². The van der Waals surface area contributed by atoms with Gasteiger partial charge in [-0.3, -0.25) is 0 Å². The number of halogens is 1. The maximum atomic E-state index is 13.3. The van der Waals surface area contributed by atoms with E-state index in [9.17, 15) is 14.0 Å². The second-order valence-electron chi connectivity index (χ2n) is 3.02. The first kappa shape index (κ1) is 12.0. The quantitative estimate of drug-likeness (QED) is 0.813. The van der Waals surface area contributed by atoms with E-state index in [0.29, 0.717) is 0 Å². The summed E-state index contributed by atoms with van der Waals surface area (Å²) in [5.41, 5.74) is -0.409. The van der Waals surface area contributed by atoms with Crippen LogP contribution < -0.4 is 4.74 Å². The number of carboxylic acid groups (broad SMARTS) is 2. The number of carboxylic acids is 2. The van der Waals surface area contributed by atoms with Crippen molar-refractivity contribution < 1.29 is 28.9 Å². The second kappa shape index (κ2) is 4.61. The zero-order valence-corrected chi connectivity index (χ0v) is 8.31. The molecule has 1 rings (SSSR count). The van der Waals surface area contributed by atoms with Crippen molar-refractivity contribution in [3.05, 3.63) is 29.6 Å². The molecule has 0 amide bonds. The average molecular weight is 228 g/mol. The molecular weight excluding hydrogens is 219 g/mol. The minimum Gasteiger partial charge on any atom is -0.479 e. The van der Waals surface area contributed by atoms with E-state index in [-0.39, 0.29) is 0 Å². The Morgan fingerprint density at radius 3 is 2.50 bits per heavy atom. The predicted octanol–water partition coefficient (Wildman–Crippen LogP) is 1.38. The number of benzene rings is 1. The molecule has 0 aliphatic heterocycles. The normalized spacial score (nSPS) is 11.9. The van der Waals surface area contributed by atoms with Crippen molar-refractivity contribution in [1.82, 2.24) is 0 Å². The summed E-state index contributed by atoms with van der Waals surface area (Å²) in [5.74, 6) is -4.16. The molecule has 0 aliphatic rings. The van der Waals surface area contributed by atoms with Gasteiger partial charge in [-0.25, -0.2) is 14.0 Å². The Bertz CT molecular complexity index is 429. The smallest absolute Gasteiger partial charge is 0.344 e. The molecule has 86 valence electrons. The fourth-order valence-corrected chi connectivity index (χ4v) is 1.02. The minimum absolute atomic E-state index is 0.409. The molecule has 0 fully saturated rings. The fourth-order valence-electron chi connectivity index (χ4n) is 1.02. The molecule has 6 heteroatoms. The van der Waals surface area contributed by atoms with Crippen LogP contribution in [0.2, 0.25) is 0 Å². The molecule has 5 nitrogen and oxygen atoms in total. The van der Waals surface area contributed by atoms with Crippen molar-refractivity contribution in [1.29, 1.82) is 0 Å². The number of aliphatic carboxylic acids is 1. The van der Waals surface area contributed by atoms with Crippen LogP contribution in [-0.4, -0.2) is 28.3 Å². The van der Waals surface area contributed by atoms with Crippen molar-refractivity contribution in [2.45, 2.75) is 13.0 Å². The Balaban J connectivity index is 3.11. The van der Waals surface area contributed by atoms with Crippen LogP contribution in [0.4, 0.5) is 4.39 Å². The fraction of sp³-hybridized carbons (Fsp3) is 0.200. The number of carbonyl (C=O) groups is 2. The second-order valence-corrected chi connectivity index (χ2v) is 3.02. The van der Waals surface area contributed by atoms with Gasteiger partial charge in [0.25, 0.3) is 0 Å². The number of para-hydroxylation sites is 1. The number of aromatic carboxylic acids is 1. The van der Waals surface area contributed by atoms with Crippen molar-refractivity contribution in [3.63, 3.8) is 0 Å². The summed E-state index contributed by atoms with van der Waals surface area (Å²) in [4.78, 5) is 21.2. The van der Waals surface area contributed by atoms with Gasteiger partial charge in [-0.15, -0.1) is 0 Å². The first-order valence-corrected chi connectivity index (χ1v) is 4.34. The summed E-state index contributed by atoms with van der Waals surface area (Å²) in [5, 5.41) is 17.3. The monoisotopic (exact) mass is 228 g/mol. The van der Waals surface area contributed by atoms with Crippen molar-refractivity contribution in [2.75, 3.05) is 0 Å². The van der Waals surface area contributed by atoms with E-state index in [2.05, 4.69) is 0 Å². The molecule has 0 saturated heterocycles. The van der Waals surface area contributed by atoms with Gasteiger partial charge in [0.1, 0.15) is 5.56 Å². The third-order valence-corrected chi connectivity index (χ3v) is 1.84. The van der Waals surface area contributed by atoms with E-state index < -0.39 is 35.2 Å². The number of ether oxygens (including phenoxy) is 1. The Morgan fingerprint density at radius 1 is 1.38 bits per heavy atom. The van der Waals surface area contributed by atoms with Gasteiger partial charge in [0.15, 0.2) is 17.7 Å². The molecule has 0 saturated carbocycles. The van der Waals surface area contributed by atoms with Gasteiger partial charge in [0.05, 0.1) is 0 Å². The summed E-state index contributed by atoms with van der Waals surface area (Å²) >= 11 is 0. The molecule has 0 aliphatic carbocycles.